The first-order chi connectivity index (χ1) is 11.0. The molecule has 0 spiro atoms. The van der Waals surface area contributed by atoms with Crippen LogP contribution in [0, 0.1) is 0 Å². The minimum Gasteiger partial charge on any atom is -0.507 e. The number of hydrogen-bond donors (Lipinski definition) is 2. The molecule has 0 aliphatic heterocycles. The van der Waals surface area contributed by atoms with E-state index in [0.29, 0.717) is 11.1 Å². The Morgan fingerprint density at radius 1 is 0.739 bits per heavy atom. The molecule has 0 bridgehead atoms. The van der Waals surface area contributed by atoms with Crippen LogP contribution in [0.1, 0.15) is 11.1 Å². The van der Waals surface area contributed by atoms with Crippen LogP contribution >= 0.6 is 15.9 Å². The number of allylic oxidation sites excluding steroid dienone is 2. The first-order valence-corrected chi connectivity index (χ1v) is 7.47. The van der Waals surface area contributed by atoms with Crippen molar-refractivity contribution in [3.8, 4) is 0 Å². The molecular formula is C18H13BrO4. The van der Waals surface area contributed by atoms with Crippen LogP contribution in [0.5, 0.6) is 0 Å². The predicted molar refractivity (Wildman–Crippen MR) is 91.8 cm³/mol. The van der Waals surface area contributed by atoms with Gasteiger partial charge in [-0.3, -0.25) is 9.59 Å². The van der Waals surface area contributed by atoms with Crippen molar-refractivity contribution < 1.29 is 19.8 Å². The van der Waals surface area contributed by atoms with Crippen molar-refractivity contribution in [2.75, 3.05) is 0 Å². The number of carbonyl (C=O) groups is 2. The van der Waals surface area contributed by atoms with Gasteiger partial charge in [-0.15, -0.1) is 0 Å². The first-order valence-electron chi connectivity index (χ1n) is 6.68. The Bertz CT molecular complexity index is 774. The topological polar surface area (TPSA) is 74.6 Å². The minimum absolute atomic E-state index is 0.305. The van der Waals surface area contributed by atoms with Crippen molar-refractivity contribution in [3.05, 3.63) is 82.3 Å². The lowest BCUT2D eigenvalue weighted by molar-refractivity contribution is -0.130. The van der Waals surface area contributed by atoms with E-state index in [0.717, 1.165) is 16.6 Å². The van der Waals surface area contributed by atoms with Crippen LogP contribution < -0.4 is 0 Å². The summed E-state index contributed by atoms with van der Waals surface area (Å²) in [6.07, 6.45) is 1.67. The molecule has 0 aromatic heterocycles. The van der Waals surface area contributed by atoms with Gasteiger partial charge in [0.15, 0.2) is 0 Å². The largest absolute Gasteiger partial charge is 0.507 e. The molecule has 2 rings (SSSR count). The van der Waals surface area contributed by atoms with Gasteiger partial charge >= 0.3 is 0 Å². The maximum Gasteiger partial charge on any atom is 0.229 e. The standard InChI is InChI=1S/C18H13BrO4/c19-14-8-6-13(7-9-14)16(21)11-18(23)17(22)10-15(20)12-4-2-1-3-5-12/h1-11,20-21H/b15-10-,16-11-. The van der Waals surface area contributed by atoms with Crippen LogP contribution in [-0.2, 0) is 9.59 Å². The lowest BCUT2D eigenvalue weighted by Gasteiger charge is -2.00. The molecule has 0 aliphatic carbocycles. The van der Waals surface area contributed by atoms with Gasteiger partial charge in [-0.05, 0) is 12.1 Å². The Balaban J connectivity index is 2.15. The van der Waals surface area contributed by atoms with Crippen molar-refractivity contribution in [2.45, 2.75) is 0 Å². The van der Waals surface area contributed by atoms with E-state index in [1.165, 1.54) is 0 Å². The summed E-state index contributed by atoms with van der Waals surface area (Å²) in [6.45, 7) is 0. The number of hydrogen-bond acceptors (Lipinski definition) is 4. The molecule has 0 saturated heterocycles. The Labute approximate surface area is 141 Å². The number of rotatable bonds is 5. The summed E-state index contributed by atoms with van der Waals surface area (Å²) >= 11 is 3.26. The molecule has 0 radical (unpaired) electrons. The zero-order chi connectivity index (χ0) is 16.8. The third-order valence-electron chi connectivity index (χ3n) is 2.99. The average Bonchev–Trinajstić information content (AvgIpc) is 2.56. The van der Waals surface area contributed by atoms with Gasteiger partial charge in [0, 0.05) is 27.8 Å². The molecule has 2 aromatic carbocycles. The maximum atomic E-state index is 11.8. The fourth-order valence-electron chi connectivity index (χ4n) is 1.79. The monoisotopic (exact) mass is 372 g/mol. The van der Waals surface area contributed by atoms with Gasteiger partial charge < -0.3 is 10.2 Å². The molecule has 0 amide bonds. The van der Waals surface area contributed by atoms with E-state index in [4.69, 9.17) is 0 Å². The number of ketones is 2. The average molecular weight is 373 g/mol. The van der Waals surface area contributed by atoms with Crippen LogP contribution in [0.3, 0.4) is 0 Å². The van der Waals surface area contributed by atoms with Gasteiger partial charge in [0.25, 0.3) is 0 Å². The third-order valence-corrected chi connectivity index (χ3v) is 3.52. The summed E-state index contributed by atoms with van der Waals surface area (Å²) in [5.74, 6) is -2.47. The second-order valence-corrected chi connectivity index (χ2v) is 5.58. The Kier molecular flexibility index (Phi) is 5.49. The fourth-order valence-corrected chi connectivity index (χ4v) is 2.05. The second-order valence-electron chi connectivity index (χ2n) is 4.66. The lowest BCUT2D eigenvalue weighted by atomic mass is 10.1. The number of carbonyl (C=O) groups excluding carboxylic acids is 2. The van der Waals surface area contributed by atoms with Crippen LogP contribution in [0.15, 0.2) is 71.2 Å². The van der Waals surface area contributed by atoms with E-state index in [1.807, 2.05) is 0 Å². The number of halogens is 1. The van der Waals surface area contributed by atoms with E-state index in [2.05, 4.69) is 15.9 Å². The SMILES string of the molecule is O=C(/C=C(\O)c1ccccc1)C(=O)/C=C(\O)c1ccc(Br)cc1. The van der Waals surface area contributed by atoms with Crippen molar-refractivity contribution >= 4 is 39.0 Å². The molecule has 4 nitrogen and oxygen atoms in total. The highest BCUT2D eigenvalue weighted by Crippen LogP contribution is 2.16. The molecule has 0 aliphatic rings. The summed E-state index contributed by atoms with van der Waals surface area (Å²) in [7, 11) is 0. The van der Waals surface area contributed by atoms with Crippen LogP contribution in [0.2, 0.25) is 0 Å². The Morgan fingerprint density at radius 3 is 1.65 bits per heavy atom. The van der Waals surface area contributed by atoms with Gasteiger partial charge in [-0.25, -0.2) is 0 Å². The molecular weight excluding hydrogens is 360 g/mol. The molecule has 0 atom stereocenters. The molecule has 2 aromatic rings. The highest BCUT2D eigenvalue weighted by molar-refractivity contribution is 9.10. The predicted octanol–water partition coefficient (Wildman–Crippen LogP) is 4.09. The summed E-state index contributed by atoms with van der Waals surface area (Å²) < 4.78 is 0.826. The summed E-state index contributed by atoms with van der Waals surface area (Å²) in [5, 5.41) is 19.7. The van der Waals surface area contributed by atoms with E-state index in [-0.39, 0.29) is 11.5 Å². The number of aliphatic hydroxyl groups excluding tert-OH is 2. The van der Waals surface area contributed by atoms with E-state index >= 15 is 0 Å². The smallest absolute Gasteiger partial charge is 0.229 e. The molecule has 23 heavy (non-hydrogen) atoms. The summed E-state index contributed by atoms with van der Waals surface area (Å²) in [4.78, 5) is 23.6. The quantitative estimate of drug-likeness (QED) is 0.471. The van der Waals surface area contributed by atoms with Crippen molar-refractivity contribution in [3.63, 3.8) is 0 Å². The van der Waals surface area contributed by atoms with Crippen LogP contribution in [0.25, 0.3) is 11.5 Å². The highest BCUT2D eigenvalue weighted by atomic mass is 79.9. The fraction of sp³-hybridized carbons (Fsp3) is 0. The Hall–Kier alpha value is -2.66. The van der Waals surface area contributed by atoms with Crippen LogP contribution in [0.4, 0.5) is 0 Å². The Morgan fingerprint density at radius 2 is 1.17 bits per heavy atom. The molecule has 0 saturated carbocycles. The van der Waals surface area contributed by atoms with Gasteiger partial charge in [-0.2, -0.15) is 0 Å². The van der Waals surface area contributed by atoms with Gasteiger partial charge in [0.2, 0.25) is 11.6 Å². The third kappa shape index (κ3) is 4.66. The molecule has 2 N–H and O–H groups in total. The molecule has 116 valence electrons. The first kappa shape index (κ1) is 16.7. The normalized spacial score (nSPS) is 12.0. The summed E-state index contributed by atoms with van der Waals surface area (Å²) in [5.41, 5.74) is 0.834. The number of aliphatic hydroxyl groups is 2. The van der Waals surface area contributed by atoms with Gasteiger partial charge in [0.05, 0.1) is 0 Å². The maximum absolute atomic E-state index is 11.8. The second kappa shape index (κ2) is 7.56. The van der Waals surface area contributed by atoms with Gasteiger partial charge in [-0.1, -0.05) is 58.4 Å². The minimum atomic E-state index is -0.923. The zero-order valence-corrected chi connectivity index (χ0v) is 13.5. The van der Waals surface area contributed by atoms with E-state index in [9.17, 15) is 19.8 Å². The van der Waals surface area contributed by atoms with Crippen LogP contribution in [-0.4, -0.2) is 21.8 Å². The van der Waals surface area contributed by atoms with E-state index in [1.54, 1.807) is 54.6 Å². The van der Waals surface area contributed by atoms with Crippen molar-refractivity contribution in [2.24, 2.45) is 0 Å². The lowest BCUT2D eigenvalue weighted by Crippen LogP contribution is -2.09. The molecule has 0 unspecified atom stereocenters. The highest BCUT2D eigenvalue weighted by Gasteiger charge is 2.12. The molecule has 5 heteroatoms. The van der Waals surface area contributed by atoms with Crippen molar-refractivity contribution in [1.29, 1.82) is 0 Å². The van der Waals surface area contributed by atoms with E-state index < -0.39 is 11.6 Å². The molecule has 0 fully saturated rings. The molecule has 0 heterocycles. The zero-order valence-electron chi connectivity index (χ0n) is 11.9. The van der Waals surface area contributed by atoms with Crippen molar-refractivity contribution in [1.82, 2.24) is 0 Å². The van der Waals surface area contributed by atoms with Gasteiger partial charge in [0.1, 0.15) is 11.5 Å². The summed E-state index contributed by atoms with van der Waals surface area (Å²) in [6, 6.07) is 15.0. The number of benzene rings is 2.